The average molecular weight is 309 g/mol. The number of nitrogens with two attached hydrogens (primary N) is 1. The van der Waals surface area contributed by atoms with Crippen LogP contribution in [0.2, 0.25) is 0 Å². The summed E-state index contributed by atoms with van der Waals surface area (Å²) in [6, 6.07) is 1.92. The van der Waals surface area contributed by atoms with Crippen molar-refractivity contribution in [2.24, 2.45) is 5.73 Å². The van der Waals surface area contributed by atoms with E-state index in [4.69, 9.17) is 19.9 Å². The average Bonchev–Trinajstić information content (AvgIpc) is 2.51. The summed E-state index contributed by atoms with van der Waals surface area (Å²) >= 11 is 0. The van der Waals surface area contributed by atoms with Crippen LogP contribution in [0.1, 0.15) is 38.3 Å². The second kappa shape index (κ2) is 9.59. The molecule has 1 aromatic rings. The molecule has 1 aromatic heterocycles. The second-order valence-corrected chi connectivity index (χ2v) is 4.66. The van der Waals surface area contributed by atoms with Crippen LogP contribution in [-0.4, -0.2) is 36.4 Å². The third-order valence-corrected chi connectivity index (χ3v) is 2.94. The van der Waals surface area contributed by atoms with Gasteiger partial charge in [-0.05, 0) is 12.5 Å². The van der Waals surface area contributed by atoms with Crippen LogP contribution < -0.4 is 15.2 Å². The van der Waals surface area contributed by atoms with Crippen LogP contribution in [0.15, 0.2) is 12.1 Å². The first-order valence-electron chi connectivity index (χ1n) is 7.18. The van der Waals surface area contributed by atoms with Crippen molar-refractivity contribution in [1.29, 1.82) is 0 Å². The number of hydrogen-bond acceptors (Lipinski definition) is 6. The molecule has 0 saturated heterocycles. The molecule has 1 heterocycles. The monoisotopic (exact) mass is 309 g/mol. The fourth-order valence-electron chi connectivity index (χ4n) is 1.86. The maximum Gasteiger partial charge on any atom is 0.404 e. The molecule has 0 bridgehead atoms. The van der Waals surface area contributed by atoms with Gasteiger partial charge in [0.1, 0.15) is 6.10 Å². The molecule has 122 valence electrons. The third-order valence-electron chi connectivity index (χ3n) is 2.94. The number of aromatic nitrogens is 2. The van der Waals surface area contributed by atoms with E-state index < -0.39 is 6.09 Å². The van der Waals surface area contributed by atoms with Crippen LogP contribution in [0.5, 0.6) is 11.9 Å². The van der Waals surface area contributed by atoms with Crippen molar-refractivity contribution in [3.8, 4) is 11.9 Å². The molecule has 7 nitrogen and oxygen atoms in total. The zero-order chi connectivity index (χ0) is 16.4. The Morgan fingerprint density at radius 3 is 2.73 bits per heavy atom. The molecule has 0 aromatic carbocycles. The highest BCUT2D eigenvalue weighted by Gasteiger charge is 2.10. The smallest absolute Gasteiger partial charge is 0.404 e. The van der Waals surface area contributed by atoms with Gasteiger partial charge in [0.05, 0.1) is 19.9 Å². The summed E-state index contributed by atoms with van der Waals surface area (Å²) in [5.74, 6) is 0.419. The first-order valence-corrected chi connectivity index (χ1v) is 7.18. The van der Waals surface area contributed by atoms with Gasteiger partial charge in [-0.3, -0.25) is 0 Å². The number of ether oxygens (including phenoxy) is 3. The van der Waals surface area contributed by atoms with E-state index in [0.29, 0.717) is 18.0 Å². The first kappa shape index (κ1) is 17.7. The van der Waals surface area contributed by atoms with Crippen molar-refractivity contribution >= 4 is 12.2 Å². The number of hydrogen-bond donors (Lipinski definition) is 1. The van der Waals surface area contributed by atoms with E-state index in [1.54, 1.807) is 12.1 Å². The highest BCUT2D eigenvalue weighted by Crippen LogP contribution is 2.16. The van der Waals surface area contributed by atoms with Crippen LogP contribution in [-0.2, 0) is 4.74 Å². The van der Waals surface area contributed by atoms with E-state index in [0.717, 1.165) is 19.3 Å². The lowest BCUT2D eigenvalue weighted by molar-refractivity contribution is 0.101. The van der Waals surface area contributed by atoms with Gasteiger partial charge in [-0.15, -0.1) is 0 Å². The van der Waals surface area contributed by atoms with Gasteiger partial charge in [0.25, 0.3) is 0 Å². The van der Waals surface area contributed by atoms with Crippen molar-refractivity contribution in [3.63, 3.8) is 0 Å². The van der Waals surface area contributed by atoms with Crippen molar-refractivity contribution in [1.82, 2.24) is 9.97 Å². The van der Waals surface area contributed by atoms with Crippen LogP contribution in [0.25, 0.3) is 6.08 Å². The Labute approximate surface area is 130 Å². The van der Waals surface area contributed by atoms with Gasteiger partial charge in [0, 0.05) is 12.5 Å². The molecule has 0 fully saturated rings. The standard InChI is InChI=1S/C15H23N3O4/c1-4-5-8-12(22-14(16)19)9-6-7-11-10-13(20-2)18-15(17-11)21-3/h6-7,10,12H,4-5,8-9H2,1-3H3,(H2,16,19)/b7-6-/t12-/m1/s1. The number of carbonyl (C=O) groups excluding carboxylic acids is 1. The van der Waals surface area contributed by atoms with Crippen molar-refractivity contribution < 1.29 is 19.0 Å². The molecule has 0 aliphatic heterocycles. The van der Waals surface area contributed by atoms with Gasteiger partial charge >= 0.3 is 12.1 Å². The SMILES string of the molecule is CCCC[C@H](C/C=C\c1cc(OC)nc(OC)n1)OC(N)=O. The highest BCUT2D eigenvalue weighted by atomic mass is 16.6. The largest absolute Gasteiger partial charge is 0.481 e. The van der Waals surface area contributed by atoms with E-state index in [2.05, 4.69) is 16.9 Å². The highest BCUT2D eigenvalue weighted by molar-refractivity contribution is 5.64. The molecule has 2 N–H and O–H groups in total. The fraction of sp³-hybridized carbons (Fsp3) is 0.533. The molecule has 0 unspecified atom stereocenters. The molecule has 1 amide bonds. The lowest BCUT2D eigenvalue weighted by Gasteiger charge is -2.14. The summed E-state index contributed by atoms with van der Waals surface area (Å²) < 4.78 is 15.2. The van der Waals surface area contributed by atoms with Gasteiger partial charge in [0.2, 0.25) is 5.88 Å². The predicted octanol–water partition coefficient (Wildman–Crippen LogP) is 2.55. The van der Waals surface area contributed by atoms with E-state index in [1.807, 2.05) is 6.08 Å². The number of primary amides is 1. The molecule has 0 spiro atoms. The minimum atomic E-state index is -0.750. The minimum Gasteiger partial charge on any atom is -0.481 e. The number of rotatable bonds is 9. The van der Waals surface area contributed by atoms with E-state index in [-0.39, 0.29) is 12.1 Å². The molecular weight excluding hydrogens is 286 g/mol. The number of carbonyl (C=O) groups is 1. The summed E-state index contributed by atoms with van der Waals surface area (Å²) in [5.41, 5.74) is 5.73. The lowest BCUT2D eigenvalue weighted by atomic mass is 10.1. The van der Waals surface area contributed by atoms with Crippen LogP contribution in [0.4, 0.5) is 4.79 Å². The zero-order valence-corrected chi connectivity index (χ0v) is 13.2. The summed E-state index contributed by atoms with van der Waals surface area (Å²) in [7, 11) is 3.01. The minimum absolute atomic E-state index is 0.223. The predicted molar refractivity (Wildman–Crippen MR) is 82.8 cm³/mol. The first-order chi connectivity index (χ1) is 10.6. The quantitative estimate of drug-likeness (QED) is 0.753. The Balaban J connectivity index is 2.70. The Bertz CT molecular complexity index is 483. The Morgan fingerprint density at radius 2 is 2.14 bits per heavy atom. The zero-order valence-electron chi connectivity index (χ0n) is 13.2. The summed E-state index contributed by atoms with van der Waals surface area (Å²) in [6.07, 6.45) is 6.06. The van der Waals surface area contributed by atoms with Crippen LogP contribution in [0.3, 0.4) is 0 Å². The van der Waals surface area contributed by atoms with E-state index in [1.165, 1.54) is 14.2 Å². The molecule has 1 rings (SSSR count). The molecule has 0 radical (unpaired) electrons. The van der Waals surface area contributed by atoms with Crippen molar-refractivity contribution in [2.45, 2.75) is 38.7 Å². The molecule has 0 saturated carbocycles. The summed E-state index contributed by atoms with van der Waals surface area (Å²) in [4.78, 5) is 19.1. The number of amides is 1. The normalized spacial score (nSPS) is 12.1. The number of unbranched alkanes of at least 4 members (excludes halogenated alkanes) is 1. The number of methoxy groups -OCH3 is 2. The summed E-state index contributed by atoms with van der Waals surface area (Å²) in [5, 5.41) is 0. The maximum absolute atomic E-state index is 10.9. The second-order valence-electron chi connectivity index (χ2n) is 4.66. The lowest BCUT2D eigenvalue weighted by Crippen LogP contribution is -2.22. The topological polar surface area (TPSA) is 96.6 Å². The van der Waals surface area contributed by atoms with Gasteiger partial charge in [-0.1, -0.05) is 25.8 Å². The van der Waals surface area contributed by atoms with Crippen molar-refractivity contribution in [3.05, 3.63) is 17.8 Å². The van der Waals surface area contributed by atoms with Crippen molar-refractivity contribution in [2.75, 3.05) is 14.2 Å². The van der Waals surface area contributed by atoms with E-state index >= 15 is 0 Å². The van der Waals surface area contributed by atoms with Gasteiger partial charge in [-0.25, -0.2) is 4.79 Å². The van der Waals surface area contributed by atoms with Crippen LogP contribution in [0, 0.1) is 0 Å². The van der Waals surface area contributed by atoms with Crippen LogP contribution >= 0.6 is 0 Å². The molecule has 0 aliphatic rings. The molecule has 22 heavy (non-hydrogen) atoms. The molecule has 0 aliphatic carbocycles. The van der Waals surface area contributed by atoms with Gasteiger partial charge in [-0.2, -0.15) is 9.97 Å². The van der Waals surface area contributed by atoms with E-state index in [9.17, 15) is 4.79 Å². The Kier molecular flexibility index (Phi) is 7.74. The number of nitrogens with zero attached hydrogens (tertiary/aromatic N) is 2. The maximum atomic E-state index is 10.9. The summed E-state index contributed by atoms with van der Waals surface area (Å²) in [6.45, 7) is 2.08. The third kappa shape index (κ3) is 6.43. The Hall–Kier alpha value is -2.31. The Morgan fingerprint density at radius 1 is 1.36 bits per heavy atom. The molecule has 1 atom stereocenters. The van der Waals surface area contributed by atoms with Gasteiger partial charge < -0.3 is 19.9 Å². The van der Waals surface area contributed by atoms with Gasteiger partial charge in [0.15, 0.2) is 0 Å². The molecule has 7 heteroatoms. The fourth-order valence-corrected chi connectivity index (χ4v) is 1.86. The molecular formula is C15H23N3O4.